The van der Waals surface area contributed by atoms with Crippen LogP contribution in [-0.2, 0) is 11.2 Å². The van der Waals surface area contributed by atoms with Gasteiger partial charge in [0, 0.05) is 12.1 Å². The largest absolute Gasteiger partial charge is 0.493 e. The Kier molecular flexibility index (Phi) is 5.92. The van der Waals surface area contributed by atoms with Crippen LogP contribution in [-0.4, -0.2) is 20.1 Å². The number of methoxy groups -OCH3 is 2. The van der Waals surface area contributed by atoms with Crippen molar-refractivity contribution in [1.82, 2.24) is 0 Å². The molecular weight excluding hydrogens is 346 g/mol. The average molecular weight is 367 g/mol. The molecule has 0 aliphatic carbocycles. The van der Waals surface area contributed by atoms with Gasteiger partial charge in [-0.1, -0.05) is 24.3 Å². The zero-order valence-corrected chi connectivity index (χ0v) is 15.6. The Balaban J connectivity index is 1.64. The number of anilines is 1. The molecule has 1 amide bonds. The molecule has 2 aromatic carbocycles. The van der Waals surface area contributed by atoms with Gasteiger partial charge in [-0.15, -0.1) is 0 Å². The van der Waals surface area contributed by atoms with E-state index >= 15 is 0 Å². The van der Waals surface area contributed by atoms with Gasteiger partial charge in [-0.05, 0) is 58.1 Å². The Labute approximate surface area is 157 Å². The Bertz CT molecular complexity index is 875. The van der Waals surface area contributed by atoms with Crippen LogP contribution in [0.15, 0.2) is 59.3 Å². The predicted molar refractivity (Wildman–Crippen MR) is 106 cm³/mol. The molecule has 1 aromatic heterocycles. The van der Waals surface area contributed by atoms with Gasteiger partial charge in [0.25, 0.3) is 0 Å². The molecule has 0 unspecified atom stereocenters. The first-order valence-electron chi connectivity index (χ1n) is 8.33. The van der Waals surface area contributed by atoms with Crippen molar-refractivity contribution in [2.45, 2.75) is 12.8 Å². The minimum absolute atomic E-state index is 0.0302. The number of para-hydroxylation sites is 1. The zero-order chi connectivity index (χ0) is 18.4. The van der Waals surface area contributed by atoms with E-state index in [-0.39, 0.29) is 5.91 Å². The van der Waals surface area contributed by atoms with E-state index in [1.807, 2.05) is 47.8 Å². The molecule has 0 radical (unpaired) electrons. The van der Waals surface area contributed by atoms with Crippen molar-refractivity contribution in [3.8, 4) is 22.6 Å². The number of carbonyl (C=O) groups excluding carboxylic acids is 1. The molecule has 26 heavy (non-hydrogen) atoms. The van der Waals surface area contributed by atoms with Crippen molar-refractivity contribution in [1.29, 1.82) is 0 Å². The number of hydrogen-bond acceptors (Lipinski definition) is 4. The zero-order valence-electron chi connectivity index (χ0n) is 14.8. The van der Waals surface area contributed by atoms with Crippen molar-refractivity contribution >= 4 is 22.9 Å². The van der Waals surface area contributed by atoms with Gasteiger partial charge in [-0.2, -0.15) is 11.3 Å². The molecule has 0 aliphatic heterocycles. The minimum atomic E-state index is -0.0302. The molecule has 5 heteroatoms. The second-order valence-electron chi connectivity index (χ2n) is 5.79. The van der Waals surface area contributed by atoms with E-state index in [1.54, 1.807) is 25.6 Å². The van der Waals surface area contributed by atoms with Gasteiger partial charge in [0.2, 0.25) is 5.91 Å². The average Bonchev–Trinajstić information content (AvgIpc) is 3.21. The summed E-state index contributed by atoms with van der Waals surface area (Å²) in [4.78, 5) is 12.4. The molecule has 0 saturated carbocycles. The maximum absolute atomic E-state index is 12.4. The van der Waals surface area contributed by atoms with E-state index in [1.165, 1.54) is 0 Å². The summed E-state index contributed by atoms with van der Waals surface area (Å²) in [5.74, 6) is 1.33. The number of amides is 1. The summed E-state index contributed by atoms with van der Waals surface area (Å²) in [6.07, 6.45) is 0.947. The lowest BCUT2D eigenvalue weighted by Gasteiger charge is -2.12. The van der Waals surface area contributed by atoms with Crippen LogP contribution in [0.5, 0.6) is 11.5 Å². The fourth-order valence-electron chi connectivity index (χ4n) is 2.83. The first kappa shape index (κ1) is 18.0. The molecule has 0 spiro atoms. The summed E-state index contributed by atoms with van der Waals surface area (Å²) in [5, 5.41) is 7.11. The Morgan fingerprint density at radius 1 is 1.04 bits per heavy atom. The SMILES string of the molecule is COc1cccc(CCC(=O)Nc2cccc(-c3ccsc3)c2)c1OC. The number of hydrogen-bond donors (Lipinski definition) is 1. The number of rotatable bonds is 7. The lowest BCUT2D eigenvalue weighted by Crippen LogP contribution is -2.12. The van der Waals surface area contributed by atoms with E-state index in [0.717, 1.165) is 22.4 Å². The van der Waals surface area contributed by atoms with Crippen molar-refractivity contribution in [2.75, 3.05) is 19.5 Å². The first-order chi connectivity index (χ1) is 12.7. The molecule has 4 nitrogen and oxygen atoms in total. The molecule has 0 saturated heterocycles. The van der Waals surface area contributed by atoms with E-state index < -0.39 is 0 Å². The van der Waals surface area contributed by atoms with Crippen LogP contribution in [0.2, 0.25) is 0 Å². The van der Waals surface area contributed by atoms with Crippen molar-refractivity contribution in [3.63, 3.8) is 0 Å². The minimum Gasteiger partial charge on any atom is -0.493 e. The fourth-order valence-corrected chi connectivity index (χ4v) is 3.49. The quantitative estimate of drug-likeness (QED) is 0.639. The maximum atomic E-state index is 12.4. The van der Waals surface area contributed by atoms with Crippen LogP contribution >= 0.6 is 11.3 Å². The maximum Gasteiger partial charge on any atom is 0.224 e. The van der Waals surface area contributed by atoms with Crippen molar-refractivity contribution in [3.05, 3.63) is 64.9 Å². The fraction of sp³-hybridized carbons (Fsp3) is 0.190. The van der Waals surface area contributed by atoms with E-state index in [9.17, 15) is 4.79 Å². The summed E-state index contributed by atoms with van der Waals surface area (Å²) in [5.41, 5.74) is 4.01. The highest BCUT2D eigenvalue weighted by Gasteiger charge is 2.11. The van der Waals surface area contributed by atoms with Crippen LogP contribution in [0, 0.1) is 0 Å². The standard InChI is InChI=1S/C21H21NO3S/c1-24-19-8-4-5-15(21(19)25-2)9-10-20(23)22-18-7-3-6-16(13-18)17-11-12-26-14-17/h3-8,11-14H,9-10H2,1-2H3,(H,22,23). The third-order valence-electron chi connectivity index (χ3n) is 4.11. The number of benzene rings is 2. The van der Waals surface area contributed by atoms with Gasteiger partial charge >= 0.3 is 0 Å². The lowest BCUT2D eigenvalue weighted by atomic mass is 10.1. The van der Waals surface area contributed by atoms with Crippen LogP contribution in [0.25, 0.3) is 11.1 Å². The van der Waals surface area contributed by atoms with Crippen molar-refractivity contribution < 1.29 is 14.3 Å². The highest BCUT2D eigenvalue weighted by molar-refractivity contribution is 7.08. The van der Waals surface area contributed by atoms with Crippen LogP contribution in [0.4, 0.5) is 5.69 Å². The summed E-state index contributed by atoms with van der Waals surface area (Å²) >= 11 is 1.66. The highest BCUT2D eigenvalue weighted by Crippen LogP contribution is 2.31. The third kappa shape index (κ3) is 4.24. The number of ether oxygens (including phenoxy) is 2. The summed E-state index contributed by atoms with van der Waals surface area (Å²) in [7, 11) is 3.21. The molecule has 3 rings (SSSR count). The van der Waals surface area contributed by atoms with Crippen LogP contribution in [0.1, 0.15) is 12.0 Å². The first-order valence-corrected chi connectivity index (χ1v) is 9.28. The second kappa shape index (κ2) is 8.54. The number of nitrogens with one attached hydrogen (secondary N) is 1. The van der Waals surface area contributed by atoms with E-state index in [2.05, 4.69) is 16.8 Å². The Morgan fingerprint density at radius 3 is 2.62 bits per heavy atom. The topological polar surface area (TPSA) is 47.6 Å². The predicted octanol–water partition coefficient (Wildman–Crippen LogP) is 5.00. The molecule has 1 N–H and O–H groups in total. The monoisotopic (exact) mass is 367 g/mol. The summed E-state index contributed by atoms with van der Waals surface area (Å²) in [6.45, 7) is 0. The van der Waals surface area contributed by atoms with Gasteiger partial charge in [-0.25, -0.2) is 0 Å². The molecule has 0 aliphatic rings. The van der Waals surface area contributed by atoms with Gasteiger partial charge in [0.05, 0.1) is 14.2 Å². The number of aryl methyl sites for hydroxylation is 1. The molecule has 134 valence electrons. The molecular formula is C21H21NO3S. The molecule has 0 fully saturated rings. The van der Waals surface area contributed by atoms with Crippen LogP contribution in [0.3, 0.4) is 0 Å². The van der Waals surface area contributed by atoms with Crippen LogP contribution < -0.4 is 14.8 Å². The normalized spacial score (nSPS) is 10.4. The molecule has 0 atom stereocenters. The highest BCUT2D eigenvalue weighted by atomic mass is 32.1. The smallest absolute Gasteiger partial charge is 0.224 e. The molecule has 0 bridgehead atoms. The van der Waals surface area contributed by atoms with Gasteiger partial charge in [0.1, 0.15) is 0 Å². The Morgan fingerprint density at radius 2 is 1.88 bits per heavy atom. The van der Waals surface area contributed by atoms with Crippen molar-refractivity contribution in [2.24, 2.45) is 0 Å². The lowest BCUT2D eigenvalue weighted by molar-refractivity contribution is -0.116. The van der Waals surface area contributed by atoms with Gasteiger partial charge in [0.15, 0.2) is 11.5 Å². The van der Waals surface area contributed by atoms with Gasteiger partial charge in [-0.3, -0.25) is 4.79 Å². The second-order valence-corrected chi connectivity index (χ2v) is 6.57. The summed E-state index contributed by atoms with van der Waals surface area (Å²) < 4.78 is 10.7. The Hall–Kier alpha value is -2.79. The third-order valence-corrected chi connectivity index (χ3v) is 4.79. The molecule has 1 heterocycles. The number of thiophene rings is 1. The number of carbonyl (C=O) groups is 1. The molecule has 3 aromatic rings. The van der Waals surface area contributed by atoms with E-state index in [0.29, 0.717) is 24.3 Å². The van der Waals surface area contributed by atoms with E-state index in [4.69, 9.17) is 9.47 Å². The van der Waals surface area contributed by atoms with Gasteiger partial charge < -0.3 is 14.8 Å². The summed E-state index contributed by atoms with van der Waals surface area (Å²) in [6, 6.07) is 15.7.